The number of aromatic amines is 1. The van der Waals surface area contributed by atoms with Gasteiger partial charge in [-0.05, 0) is 18.2 Å². The zero-order chi connectivity index (χ0) is 16.4. The molecule has 0 aliphatic rings. The molecule has 0 aromatic carbocycles. The number of nitrogens with zero attached hydrogens (tertiary/aromatic N) is 2. The molecule has 0 spiro atoms. The first-order valence-corrected chi connectivity index (χ1v) is 6.46. The highest BCUT2D eigenvalue weighted by atomic mass is 19.4. The number of alkyl halides is 3. The minimum atomic E-state index is -4.47. The molecule has 0 saturated carbocycles. The number of pyridine rings is 2. The third-order valence-electron chi connectivity index (χ3n) is 3.06. The number of nitrogens with one attached hydrogen (secondary N) is 3. The minimum absolute atomic E-state index is 0.00784. The molecule has 0 bridgehead atoms. The second kappa shape index (κ2) is 5.59. The maximum absolute atomic E-state index is 12.4. The van der Waals surface area contributed by atoms with Gasteiger partial charge in [-0.2, -0.15) is 13.2 Å². The van der Waals surface area contributed by atoms with E-state index in [1.807, 2.05) is 0 Å². The summed E-state index contributed by atoms with van der Waals surface area (Å²) in [5, 5.41) is 5.65. The van der Waals surface area contributed by atoms with Gasteiger partial charge in [0.25, 0.3) is 0 Å². The molecule has 2 amide bonds. The second-order valence-electron chi connectivity index (χ2n) is 4.63. The predicted molar refractivity (Wildman–Crippen MR) is 78.0 cm³/mol. The van der Waals surface area contributed by atoms with Gasteiger partial charge >= 0.3 is 12.2 Å². The summed E-state index contributed by atoms with van der Waals surface area (Å²) >= 11 is 0. The van der Waals surface area contributed by atoms with Crippen LogP contribution in [0.3, 0.4) is 0 Å². The Labute approximate surface area is 127 Å². The van der Waals surface area contributed by atoms with Crippen LogP contribution < -0.4 is 10.6 Å². The van der Waals surface area contributed by atoms with Gasteiger partial charge in [-0.25, -0.2) is 9.78 Å². The molecule has 3 heterocycles. The maximum Gasteiger partial charge on any atom is 0.417 e. The van der Waals surface area contributed by atoms with Crippen LogP contribution in [0.25, 0.3) is 10.9 Å². The zero-order valence-corrected chi connectivity index (χ0v) is 11.5. The Bertz CT molecular complexity index is 841. The van der Waals surface area contributed by atoms with Crippen molar-refractivity contribution in [2.75, 3.05) is 10.6 Å². The lowest BCUT2D eigenvalue weighted by molar-refractivity contribution is -0.137. The van der Waals surface area contributed by atoms with Crippen LogP contribution in [-0.2, 0) is 6.18 Å². The lowest BCUT2D eigenvalue weighted by Gasteiger charge is -2.08. The van der Waals surface area contributed by atoms with Crippen LogP contribution in [0.5, 0.6) is 0 Å². The molecule has 9 heteroatoms. The Morgan fingerprint density at radius 2 is 1.96 bits per heavy atom. The SMILES string of the molecule is O=C(Nc1ccc(C(F)(F)F)cn1)Nc1c[nH]c2ccncc12. The number of H-pyrrole nitrogens is 1. The van der Waals surface area contributed by atoms with Crippen molar-refractivity contribution in [3.05, 3.63) is 48.5 Å². The maximum atomic E-state index is 12.4. The van der Waals surface area contributed by atoms with Gasteiger partial charge in [0, 0.05) is 30.2 Å². The van der Waals surface area contributed by atoms with Crippen molar-refractivity contribution >= 4 is 28.4 Å². The van der Waals surface area contributed by atoms with E-state index in [2.05, 4.69) is 25.6 Å². The van der Waals surface area contributed by atoms with Gasteiger partial charge in [-0.3, -0.25) is 10.3 Å². The Kier molecular flexibility index (Phi) is 3.61. The summed E-state index contributed by atoms with van der Waals surface area (Å²) in [6.45, 7) is 0. The number of fused-ring (bicyclic) bond motifs is 1. The van der Waals surface area contributed by atoms with Crippen molar-refractivity contribution in [3.8, 4) is 0 Å². The van der Waals surface area contributed by atoms with E-state index in [0.717, 1.165) is 17.6 Å². The van der Waals surface area contributed by atoms with Crippen molar-refractivity contribution in [1.82, 2.24) is 15.0 Å². The van der Waals surface area contributed by atoms with Gasteiger partial charge in [0.05, 0.1) is 16.8 Å². The lowest BCUT2D eigenvalue weighted by Crippen LogP contribution is -2.20. The molecule has 6 nitrogen and oxygen atoms in total. The first-order chi connectivity index (χ1) is 10.9. The summed E-state index contributed by atoms with van der Waals surface area (Å²) < 4.78 is 37.3. The molecule has 0 aliphatic heterocycles. The van der Waals surface area contributed by atoms with Gasteiger partial charge in [-0.1, -0.05) is 0 Å². The molecule has 0 saturated heterocycles. The van der Waals surface area contributed by atoms with E-state index in [9.17, 15) is 18.0 Å². The predicted octanol–water partition coefficient (Wildman–Crippen LogP) is 3.62. The summed E-state index contributed by atoms with van der Waals surface area (Å²) in [5.41, 5.74) is 0.409. The van der Waals surface area contributed by atoms with Crippen molar-refractivity contribution < 1.29 is 18.0 Å². The van der Waals surface area contributed by atoms with Crippen molar-refractivity contribution in [3.63, 3.8) is 0 Å². The molecule has 3 aromatic rings. The van der Waals surface area contributed by atoms with E-state index >= 15 is 0 Å². The number of halogens is 3. The monoisotopic (exact) mass is 321 g/mol. The van der Waals surface area contributed by atoms with E-state index in [1.54, 1.807) is 24.7 Å². The number of aromatic nitrogens is 3. The van der Waals surface area contributed by atoms with E-state index < -0.39 is 17.8 Å². The average Bonchev–Trinajstić information content (AvgIpc) is 2.90. The van der Waals surface area contributed by atoms with Gasteiger partial charge in [0.15, 0.2) is 0 Å². The van der Waals surface area contributed by atoms with Crippen LogP contribution in [0.2, 0.25) is 0 Å². The summed E-state index contributed by atoms with van der Waals surface area (Å²) in [7, 11) is 0. The molecule has 0 atom stereocenters. The van der Waals surface area contributed by atoms with Crippen LogP contribution in [-0.4, -0.2) is 21.0 Å². The Hall–Kier alpha value is -3.10. The minimum Gasteiger partial charge on any atom is -0.359 e. The number of anilines is 2. The van der Waals surface area contributed by atoms with Crippen LogP contribution in [0.4, 0.5) is 29.5 Å². The van der Waals surface area contributed by atoms with Crippen molar-refractivity contribution in [1.29, 1.82) is 0 Å². The fourth-order valence-electron chi connectivity index (χ4n) is 1.97. The molecule has 0 aliphatic carbocycles. The highest BCUT2D eigenvalue weighted by Crippen LogP contribution is 2.29. The molecule has 23 heavy (non-hydrogen) atoms. The number of hydrogen-bond acceptors (Lipinski definition) is 3. The summed E-state index contributed by atoms with van der Waals surface area (Å²) in [4.78, 5) is 22.4. The standard InChI is InChI=1S/C14H10F3N5O/c15-14(16,17)8-1-2-12(20-5-8)22-13(23)21-11-7-19-10-3-4-18-6-9(10)11/h1-7,19H,(H2,20,21,22,23). The number of hydrogen-bond donors (Lipinski definition) is 3. The Morgan fingerprint density at radius 3 is 2.65 bits per heavy atom. The normalized spacial score (nSPS) is 11.4. The number of carbonyl (C=O) groups is 1. The van der Waals surface area contributed by atoms with Crippen LogP contribution in [0.1, 0.15) is 5.56 Å². The van der Waals surface area contributed by atoms with Gasteiger partial charge in [0.1, 0.15) is 5.82 Å². The number of carbonyl (C=O) groups excluding carboxylic acids is 1. The molecular weight excluding hydrogens is 311 g/mol. The Morgan fingerprint density at radius 1 is 1.13 bits per heavy atom. The lowest BCUT2D eigenvalue weighted by atomic mass is 10.3. The fraction of sp³-hybridized carbons (Fsp3) is 0.0714. The van der Waals surface area contributed by atoms with Crippen LogP contribution in [0.15, 0.2) is 43.0 Å². The molecular formula is C14H10F3N5O. The molecule has 0 fully saturated rings. The molecule has 3 N–H and O–H groups in total. The van der Waals surface area contributed by atoms with Gasteiger partial charge in [-0.15, -0.1) is 0 Å². The second-order valence-corrected chi connectivity index (χ2v) is 4.63. The van der Waals surface area contributed by atoms with Crippen molar-refractivity contribution in [2.45, 2.75) is 6.18 Å². The summed E-state index contributed by atoms with van der Waals surface area (Å²) in [6.07, 6.45) is 0.967. The van der Waals surface area contributed by atoms with E-state index in [0.29, 0.717) is 17.3 Å². The molecule has 0 unspecified atom stereocenters. The number of amides is 2. The third-order valence-corrected chi connectivity index (χ3v) is 3.06. The number of rotatable bonds is 2. The molecule has 3 rings (SSSR count). The van der Waals surface area contributed by atoms with E-state index in [1.165, 1.54) is 0 Å². The average molecular weight is 321 g/mol. The zero-order valence-electron chi connectivity index (χ0n) is 11.5. The van der Waals surface area contributed by atoms with Crippen LogP contribution in [0, 0.1) is 0 Å². The molecule has 118 valence electrons. The number of urea groups is 1. The van der Waals surface area contributed by atoms with Crippen molar-refractivity contribution in [2.24, 2.45) is 0 Å². The van der Waals surface area contributed by atoms with E-state index in [-0.39, 0.29) is 5.82 Å². The molecule has 0 radical (unpaired) electrons. The fourth-order valence-corrected chi connectivity index (χ4v) is 1.97. The first kappa shape index (κ1) is 14.8. The summed E-state index contributed by atoms with van der Waals surface area (Å²) in [6, 6.07) is 3.05. The highest BCUT2D eigenvalue weighted by molar-refractivity contribution is 6.05. The largest absolute Gasteiger partial charge is 0.417 e. The third kappa shape index (κ3) is 3.23. The highest BCUT2D eigenvalue weighted by Gasteiger charge is 2.30. The molecule has 3 aromatic heterocycles. The quantitative estimate of drug-likeness (QED) is 0.674. The first-order valence-electron chi connectivity index (χ1n) is 6.46. The van der Waals surface area contributed by atoms with Gasteiger partial charge < -0.3 is 10.3 Å². The van der Waals surface area contributed by atoms with Crippen LogP contribution >= 0.6 is 0 Å². The van der Waals surface area contributed by atoms with Gasteiger partial charge in [0.2, 0.25) is 0 Å². The smallest absolute Gasteiger partial charge is 0.359 e. The topological polar surface area (TPSA) is 82.7 Å². The Balaban J connectivity index is 1.70. The summed E-state index contributed by atoms with van der Waals surface area (Å²) in [5.74, 6) is 0.00784. The van der Waals surface area contributed by atoms with E-state index in [4.69, 9.17) is 0 Å².